The summed E-state index contributed by atoms with van der Waals surface area (Å²) >= 11 is 1.04. The molecule has 0 saturated carbocycles. The lowest BCUT2D eigenvalue weighted by molar-refractivity contribution is -0.133. The van der Waals surface area contributed by atoms with Gasteiger partial charge in [0, 0.05) is 5.56 Å². The number of aromatic nitrogens is 3. The number of carboxylic acid groups (broad SMARTS) is 1. The molecule has 0 unspecified atom stereocenters. The van der Waals surface area contributed by atoms with E-state index < -0.39 is 5.97 Å². The van der Waals surface area contributed by atoms with Gasteiger partial charge >= 0.3 is 5.97 Å². The van der Waals surface area contributed by atoms with Crippen LogP contribution in [-0.2, 0) is 4.79 Å². The number of hydrogen-bond acceptors (Lipinski definition) is 5. The first-order chi connectivity index (χ1) is 8.59. The maximum absolute atomic E-state index is 10.5. The van der Waals surface area contributed by atoms with Crippen LogP contribution in [0.2, 0.25) is 0 Å². The first-order valence-corrected chi connectivity index (χ1v) is 6.19. The van der Waals surface area contributed by atoms with E-state index in [0.717, 1.165) is 22.9 Å². The van der Waals surface area contributed by atoms with Crippen molar-refractivity contribution in [2.45, 2.75) is 12.1 Å². The SMILES string of the molecule is Cc1ccccc1-c1nnc(SCC(=O)O)n1N. The molecule has 0 aliphatic carbocycles. The van der Waals surface area contributed by atoms with Crippen molar-refractivity contribution in [3.63, 3.8) is 0 Å². The Labute approximate surface area is 108 Å². The molecule has 7 heteroatoms. The Bertz CT molecular complexity index is 582. The number of carbonyl (C=O) groups is 1. The molecule has 0 saturated heterocycles. The van der Waals surface area contributed by atoms with E-state index in [1.807, 2.05) is 31.2 Å². The van der Waals surface area contributed by atoms with E-state index in [1.54, 1.807) is 0 Å². The standard InChI is InChI=1S/C11H12N4O2S/c1-7-4-2-3-5-8(7)10-13-14-11(15(10)12)18-6-9(16)17/h2-5H,6,12H2,1H3,(H,16,17). The van der Waals surface area contributed by atoms with Gasteiger partial charge in [0.15, 0.2) is 5.82 Å². The third-order valence-electron chi connectivity index (χ3n) is 2.38. The second-order valence-electron chi connectivity index (χ2n) is 3.67. The quantitative estimate of drug-likeness (QED) is 0.635. The van der Waals surface area contributed by atoms with Crippen LogP contribution in [0, 0.1) is 6.92 Å². The molecule has 6 nitrogen and oxygen atoms in total. The van der Waals surface area contributed by atoms with Crippen LogP contribution in [0.25, 0.3) is 11.4 Å². The summed E-state index contributed by atoms with van der Waals surface area (Å²) in [6, 6.07) is 7.67. The van der Waals surface area contributed by atoms with Crippen molar-refractivity contribution >= 4 is 17.7 Å². The zero-order valence-electron chi connectivity index (χ0n) is 9.70. The van der Waals surface area contributed by atoms with Gasteiger partial charge in [-0.15, -0.1) is 10.2 Å². The van der Waals surface area contributed by atoms with Crippen molar-refractivity contribution in [1.82, 2.24) is 14.9 Å². The lowest BCUT2D eigenvalue weighted by Crippen LogP contribution is -2.12. The van der Waals surface area contributed by atoms with Crippen LogP contribution in [0.3, 0.4) is 0 Å². The minimum atomic E-state index is -0.916. The smallest absolute Gasteiger partial charge is 0.313 e. The molecule has 3 N–H and O–H groups in total. The molecule has 94 valence electrons. The number of benzene rings is 1. The number of aryl methyl sites for hydroxylation is 1. The Morgan fingerprint density at radius 1 is 1.44 bits per heavy atom. The van der Waals surface area contributed by atoms with Crippen LogP contribution < -0.4 is 5.84 Å². The van der Waals surface area contributed by atoms with E-state index in [9.17, 15) is 4.79 Å². The lowest BCUT2D eigenvalue weighted by atomic mass is 10.1. The van der Waals surface area contributed by atoms with E-state index in [0.29, 0.717) is 11.0 Å². The molecule has 18 heavy (non-hydrogen) atoms. The van der Waals surface area contributed by atoms with Gasteiger partial charge in [-0.3, -0.25) is 4.79 Å². The molecule has 0 radical (unpaired) electrons. The maximum Gasteiger partial charge on any atom is 0.313 e. The molecule has 0 spiro atoms. The van der Waals surface area contributed by atoms with Gasteiger partial charge in [-0.2, -0.15) is 0 Å². The van der Waals surface area contributed by atoms with Gasteiger partial charge in [-0.1, -0.05) is 36.0 Å². The Morgan fingerprint density at radius 3 is 2.83 bits per heavy atom. The van der Waals surface area contributed by atoms with Crippen LogP contribution in [0.4, 0.5) is 0 Å². The monoisotopic (exact) mass is 264 g/mol. The zero-order valence-corrected chi connectivity index (χ0v) is 10.5. The van der Waals surface area contributed by atoms with Crippen LogP contribution >= 0.6 is 11.8 Å². The van der Waals surface area contributed by atoms with E-state index in [1.165, 1.54) is 4.68 Å². The topological polar surface area (TPSA) is 94.0 Å². The van der Waals surface area contributed by atoms with Crippen LogP contribution in [0.15, 0.2) is 29.4 Å². The summed E-state index contributed by atoms with van der Waals surface area (Å²) in [6.07, 6.45) is 0. The molecule has 0 fully saturated rings. The summed E-state index contributed by atoms with van der Waals surface area (Å²) in [5.74, 6) is 5.39. The fourth-order valence-corrected chi connectivity index (χ4v) is 2.09. The van der Waals surface area contributed by atoms with Crippen molar-refractivity contribution in [2.24, 2.45) is 0 Å². The summed E-state index contributed by atoms with van der Waals surface area (Å²) in [6.45, 7) is 1.95. The van der Waals surface area contributed by atoms with E-state index >= 15 is 0 Å². The zero-order chi connectivity index (χ0) is 13.1. The minimum absolute atomic E-state index is 0.0941. The number of hydrogen-bond donors (Lipinski definition) is 2. The number of nitrogens with two attached hydrogens (primary N) is 1. The molecule has 1 aromatic heterocycles. The third kappa shape index (κ3) is 2.45. The summed E-state index contributed by atoms with van der Waals surface area (Å²) < 4.78 is 1.32. The molecule has 0 aliphatic rings. The average Bonchev–Trinajstić information content (AvgIpc) is 2.69. The Morgan fingerprint density at radius 2 is 2.17 bits per heavy atom. The van der Waals surface area contributed by atoms with Crippen LogP contribution in [0.1, 0.15) is 5.56 Å². The lowest BCUT2D eigenvalue weighted by Gasteiger charge is -2.05. The minimum Gasteiger partial charge on any atom is -0.481 e. The predicted molar refractivity (Wildman–Crippen MR) is 68.7 cm³/mol. The third-order valence-corrected chi connectivity index (χ3v) is 3.30. The molecule has 0 atom stereocenters. The number of carboxylic acids is 1. The van der Waals surface area contributed by atoms with Gasteiger partial charge in [0.05, 0.1) is 5.75 Å². The molecule has 0 bridgehead atoms. The first-order valence-electron chi connectivity index (χ1n) is 5.20. The summed E-state index contributed by atoms with van der Waals surface area (Å²) in [5.41, 5.74) is 1.92. The van der Waals surface area contributed by atoms with Gasteiger partial charge < -0.3 is 10.9 Å². The highest BCUT2D eigenvalue weighted by Crippen LogP contribution is 2.23. The van der Waals surface area contributed by atoms with Gasteiger partial charge in [0.1, 0.15) is 0 Å². The number of rotatable bonds is 4. The molecular formula is C11H12N4O2S. The van der Waals surface area contributed by atoms with Crippen LogP contribution in [0.5, 0.6) is 0 Å². The highest BCUT2D eigenvalue weighted by molar-refractivity contribution is 7.99. The molecule has 2 aromatic rings. The first kappa shape index (κ1) is 12.4. The Kier molecular flexibility index (Phi) is 3.52. The van der Waals surface area contributed by atoms with Crippen molar-refractivity contribution in [1.29, 1.82) is 0 Å². The number of thioether (sulfide) groups is 1. The Hall–Kier alpha value is -2.02. The van der Waals surface area contributed by atoms with Crippen molar-refractivity contribution < 1.29 is 9.90 Å². The highest BCUT2D eigenvalue weighted by atomic mass is 32.2. The Balaban J connectivity index is 2.31. The van der Waals surface area contributed by atoms with Crippen LogP contribution in [-0.4, -0.2) is 31.7 Å². The van der Waals surface area contributed by atoms with Gasteiger partial charge in [-0.25, -0.2) is 4.68 Å². The van der Waals surface area contributed by atoms with E-state index in [-0.39, 0.29) is 5.75 Å². The largest absolute Gasteiger partial charge is 0.481 e. The summed E-state index contributed by atoms with van der Waals surface area (Å²) in [7, 11) is 0. The molecule has 1 aromatic carbocycles. The predicted octanol–water partition coefficient (Wildman–Crippen LogP) is 1.14. The molecular weight excluding hydrogens is 252 g/mol. The van der Waals surface area contributed by atoms with Crippen molar-refractivity contribution in [3.05, 3.63) is 29.8 Å². The molecule has 2 rings (SSSR count). The molecule has 0 aliphatic heterocycles. The fraction of sp³-hybridized carbons (Fsp3) is 0.182. The number of nitrogen functional groups attached to an aromatic ring is 1. The van der Waals surface area contributed by atoms with Gasteiger partial charge in [0.2, 0.25) is 5.16 Å². The average molecular weight is 264 g/mol. The summed E-state index contributed by atoms with van der Waals surface area (Å²) in [5, 5.41) is 16.9. The summed E-state index contributed by atoms with van der Waals surface area (Å²) in [4.78, 5) is 10.5. The van der Waals surface area contributed by atoms with Crippen molar-refractivity contribution in [2.75, 3.05) is 11.6 Å². The number of nitrogens with zero attached hydrogens (tertiary/aromatic N) is 3. The highest BCUT2D eigenvalue weighted by Gasteiger charge is 2.14. The van der Waals surface area contributed by atoms with E-state index in [4.69, 9.17) is 10.9 Å². The molecule has 0 amide bonds. The second kappa shape index (κ2) is 5.09. The molecule has 1 heterocycles. The van der Waals surface area contributed by atoms with E-state index in [2.05, 4.69) is 10.2 Å². The normalized spacial score (nSPS) is 10.5. The van der Waals surface area contributed by atoms with Crippen molar-refractivity contribution in [3.8, 4) is 11.4 Å². The second-order valence-corrected chi connectivity index (χ2v) is 4.62. The number of aliphatic carboxylic acids is 1. The fourth-order valence-electron chi connectivity index (χ4n) is 1.51. The van der Waals surface area contributed by atoms with Gasteiger partial charge in [0.25, 0.3) is 0 Å². The maximum atomic E-state index is 10.5. The van der Waals surface area contributed by atoms with Gasteiger partial charge in [-0.05, 0) is 12.5 Å².